The van der Waals surface area contributed by atoms with Crippen LogP contribution in [0.4, 0.5) is 10.1 Å². The number of para-hydroxylation sites is 1. The van der Waals surface area contributed by atoms with E-state index in [0.29, 0.717) is 28.3 Å². The van der Waals surface area contributed by atoms with Gasteiger partial charge in [-0.1, -0.05) is 24.3 Å². The summed E-state index contributed by atoms with van der Waals surface area (Å²) in [4.78, 5) is 18.6. The molecule has 0 radical (unpaired) electrons. The number of anilines is 1. The number of carbonyl (C=O) groups is 1. The Morgan fingerprint density at radius 2 is 1.79 bits per heavy atom. The van der Waals surface area contributed by atoms with Crippen LogP contribution in [0.15, 0.2) is 77.5 Å². The molecule has 0 N–H and O–H groups in total. The first-order chi connectivity index (χ1) is 14.1. The minimum Gasteiger partial charge on any atom is -0.421 e. The first-order valence-corrected chi connectivity index (χ1v) is 8.97. The smallest absolute Gasteiger partial charge is 0.258 e. The van der Waals surface area contributed by atoms with Gasteiger partial charge in [-0.25, -0.2) is 4.39 Å². The molecule has 0 aliphatic heterocycles. The highest BCUT2D eigenvalue weighted by Gasteiger charge is 2.20. The molecule has 0 atom stereocenters. The van der Waals surface area contributed by atoms with E-state index in [0.717, 1.165) is 0 Å². The lowest BCUT2D eigenvalue weighted by Crippen LogP contribution is -2.30. The van der Waals surface area contributed by atoms with Gasteiger partial charge in [0, 0.05) is 41.7 Å². The summed E-state index contributed by atoms with van der Waals surface area (Å²) in [7, 11) is 0. The number of halogens is 1. The van der Waals surface area contributed by atoms with Gasteiger partial charge in [0.2, 0.25) is 11.8 Å². The fourth-order valence-electron chi connectivity index (χ4n) is 2.93. The topological polar surface area (TPSA) is 72.1 Å². The normalized spacial score (nSPS) is 10.7. The van der Waals surface area contributed by atoms with E-state index in [2.05, 4.69) is 15.2 Å². The molecule has 0 bridgehead atoms. The van der Waals surface area contributed by atoms with Gasteiger partial charge in [-0.2, -0.15) is 0 Å². The van der Waals surface area contributed by atoms with Gasteiger partial charge in [-0.3, -0.25) is 9.78 Å². The summed E-state index contributed by atoms with van der Waals surface area (Å²) in [5, 5.41) is 7.67. The largest absolute Gasteiger partial charge is 0.421 e. The van der Waals surface area contributed by atoms with Crippen molar-refractivity contribution in [2.75, 3.05) is 4.90 Å². The maximum absolute atomic E-state index is 14.8. The first-order valence-electron chi connectivity index (χ1n) is 8.97. The summed E-state index contributed by atoms with van der Waals surface area (Å²) >= 11 is 0. The van der Waals surface area contributed by atoms with Gasteiger partial charge in [-0.15, -0.1) is 10.2 Å². The quantitative estimate of drug-likeness (QED) is 0.506. The van der Waals surface area contributed by atoms with Crippen LogP contribution in [0, 0.1) is 12.7 Å². The molecule has 2 aromatic heterocycles. The standard InChI is InChI=1S/C22H17FN4O2/c1-15-25-26-21(29-15)17-7-8-18(20(23)13-17)14-27(19-5-3-2-4-6-19)22(28)16-9-11-24-12-10-16/h2-13H,14H2,1H3. The van der Waals surface area contributed by atoms with Crippen LogP contribution in [-0.4, -0.2) is 21.1 Å². The number of carbonyl (C=O) groups excluding carboxylic acids is 1. The summed E-state index contributed by atoms with van der Waals surface area (Å²) in [5.41, 5.74) is 2.00. The van der Waals surface area contributed by atoms with E-state index in [1.807, 2.05) is 30.3 Å². The van der Waals surface area contributed by atoms with Gasteiger partial charge >= 0.3 is 0 Å². The third kappa shape index (κ3) is 4.03. The molecule has 0 saturated carbocycles. The molecular formula is C22H17FN4O2. The van der Waals surface area contributed by atoms with Crippen molar-refractivity contribution in [3.8, 4) is 11.5 Å². The highest BCUT2D eigenvalue weighted by atomic mass is 19.1. The Kier molecular flexibility index (Phi) is 5.11. The van der Waals surface area contributed by atoms with Crippen LogP contribution in [0.3, 0.4) is 0 Å². The van der Waals surface area contributed by atoms with E-state index in [-0.39, 0.29) is 18.3 Å². The number of benzene rings is 2. The zero-order chi connectivity index (χ0) is 20.2. The number of amides is 1. The monoisotopic (exact) mass is 388 g/mol. The predicted molar refractivity (Wildman–Crippen MR) is 106 cm³/mol. The third-order valence-corrected chi connectivity index (χ3v) is 4.39. The van der Waals surface area contributed by atoms with E-state index in [4.69, 9.17) is 4.42 Å². The second kappa shape index (κ2) is 8.02. The van der Waals surface area contributed by atoms with Crippen LogP contribution in [-0.2, 0) is 6.54 Å². The lowest BCUT2D eigenvalue weighted by atomic mass is 10.1. The van der Waals surface area contributed by atoms with Crippen molar-refractivity contribution in [2.24, 2.45) is 0 Å². The SMILES string of the molecule is Cc1nnc(-c2ccc(CN(C(=O)c3ccncc3)c3ccccc3)c(F)c2)o1. The predicted octanol–water partition coefficient (Wildman–Crippen LogP) is 4.43. The van der Waals surface area contributed by atoms with Gasteiger partial charge < -0.3 is 9.32 Å². The molecule has 0 saturated heterocycles. The summed E-state index contributed by atoms with van der Waals surface area (Å²) in [6.45, 7) is 1.74. The first kappa shape index (κ1) is 18.5. The van der Waals surface area contributed by atoms with Crippen molar-refractivity contribution in [2.45, 2.75) is 13.5 Å². The Morgan fingerprint density at radius 1 is 1.03 bits per heavy atom. The fraction of sp³-hybridized carbons (Fsp3) is 0.0909. The lowest BCUT2D eigenvalue weighted by Gasteiger charge is -2.23. The van der Waals surface area contributed by atoms with E-state index < -0.39 is 5.82 Å². The summed E-state index contributed by atoms with van der Waals surface area (Å²) in [6.07, 6.45) is 3.11. The van der Waals surface area contributed by atoms with Crippen LogP contribution in [0.2, 0.25) is 0 Å². The lowest BCUT2D eigenvalue weighted by molar-refractivity contribution is 0.0985. The molecule has 0 unspecified atom stereocenters. The van der Waals surface area contributed by atoms with Crippen molar-refractivity contribution in [1.82, 2.24) is 15.2 Å². The Balaban J connectivity index is 1.67. The Hall–Kier alpha value is -3.87. The molecule has 2 aromatic carbocycles. The molecule has 4 rings (SSSR count). The molecule has 2 heterocycles. The van der Waals surface area contributed by atoms with E-state index in [9.17, 15) is 9.18 Å². The number of hydrogen-bond acceptors (Lipinski definition) is 5. The average molecular weight is 388 g/mol. The molecule has 0 aliphatic carbocycles. The second-order valence-electron chi connectivity index (χ2n) is 6.40. The summed E-state index contributed by atoms with van der Waals surface area (Å²) in [6, 6.07) is 17.1. The molecule has 144 valence electrons. The van der Waals surface area contributed by atoms with E-state index in [1.165, 1.54) is 11.0 Å². The van der Waals surface area contributed by atoms with Crippen molar-refractivity contribution in [3.05, 3.63) is 95.9 Å². The van der Waals surface area contributed by atoms with Crippen LogP contribution in [0.1, 0.15) is 21.8 Å². The van der Waals surface area contributed by atoms with Crippen molar-refractivity contribution >= 4 is 11.6 Å². The van der Waals surface area contributed by atoms with E-state index in [1.54, 1.807) is 43.6 Å². The van der Waals surface area contributed by atoms with Crippen LogP contribution in [0.25, 0.3) is 11.5 Å². The number of hydrogen-bond donors (Lipinski definition) is 0. The van der Waals surface area contributed by atoms with Gasteiger partial charge in [-0.05, 0) is 36.4 Å². The van der Waals surface area contributed by atoms with Gasteiger partial charge in [0.15, 0.2) is 0 Å². The Bertz CT molecular complexity index is 1130. The minimum absolute atomic E-state index is 0.0696. The van der Waals surface area contributed by atoms with Gasteiger partial charge in [0.25, 0.3) is 5.91 Å². The third-order valence-electron chi connectivity index (χ3n) is 4.39. The number of nitrogens with zero attached hydrogens (tertiary/aromatic N) is 4. The van der Waals surface area contributed by atoms with Crippen molar-refractivity contribution < 1.29 is 13.6 Å². The Labute approximate surface area is 166 Å². The van der Waals surface area contributed by atoms with Crippen molar-refractivity contribution in [3.63, 3.8) is 0 Å². The van der Waals surface area contributed by atoms with Gasteiger partial charge in [0.05, 0.1) is 6.54 Å². The number of aromatic nitrogens is 3. The number of rotatable bonds is 5. The fourth-order valence-corrected chi connectivity index (χ4v) is 2.93. The average Bonchev–Trinajstić information content (AvgIpc) is 3.20. The zero-order valence-electron chi connectivity index (χ0n) is 15.6. The molecule has 6 nitrogen and oxygen atoms in total. The second-order valence-corrected chi connectivity index (χ2v) is 6.40. The highest BCUT2D eigenvalue weighted by Crippen LogP contribution is 2.24. The molecule has 4 aromatic rings. The van der Waals surface area contributed by atoms with Crippen molar-refractivity contribution in [1.29, 1.82) is 0 Å². The van der Waals surface area contributed by atoms with E-state index >= 15 is 0 Å². The zero-order valence-corrected chi connectivity index (χ0v) is 15.6. The number of pyridine rings is 1. The maximum Gasteiger partial charge on any atom is 0.258 e. The molecule has 0 fully saturated rings. The van der Waals surface area contributed by atoms with Gasteiger partial charge in [0.1, 0.15) is 5.82 Å². The molecule has 0 aliphatic rings. The van der Waals surface area contributed by atoms with Crippen LogP contribution >= 0.6 is 0 Å². The molecule has 0 spiro atoms. The number of aryl methyl sites for hydroxylation is 1. The molecule has 29 heavy (non-hydrogen) atoms. The highest BCUT2D eigenvalue weighted by molar-refractivity contribution is 6.05. The molecular weight excluding hydrogens is 371 g/mol. The summed E-state index contributed by atoms with van der Waals surface area (Å²) in [5.74, 6) is -0.0418. The Morgan fingerprint density at radius 3 is 2.45 bits per heavy atom. The van der Waals surface area contributed by atoms with Crippen LogP contribution < -0.4 is 4.90 Å². The molecule has 7 heteroatoms. The summed E-state index contributed by atoms with van der Waals surface area (Å²) < 4.78 is 20.2. The maximum atomic E-state index is 14.8. The van der Waals surface area contributed by atoms with Crippen LogP contribution in [0.5, 0.6) is 0 Å². The molecule has 1 amide bonds. The minimum atomic E-state index is -0.457.